The van der Waals surface area contributed by atoms with Crippen LogP contribution < -0.4 is 16.5 Å². The second-order valence-electron chi connectivity index (χ2n) is 2.03. The van der Waals surface area contributed by atoms with Gasteiger partial charge in [-0.2, -0.15) is 5.48 Å². The van der Waals surface area contributed by atoms with Crippen LogP contribution in [0.1, 0.15) is 6.92 Å². The Bertz CT molecular complexity index is 113. The molecule has 0 aromatic heterocycles. The molecule has 0 heterocycles. The molecule has 0 amide bonds. The maximum atomic E-state index is 10.2. The molecule has 0 bridgehead atoms. The van der Waals surface area contributed by atoms with E-state index < -0.39 is 0 Å². The molecule has 4 N–H and O–H groups in total. The molecule has 0 aromatic rings. The van der Waals surface area contributed by atoms with Crippen LogP contribution in [0, 0.1) is 0 Å². The van der Waals surface area contributed by atoms with Crippen LogP contribution in [0.15, 0.2) is 0 Å². The van der Waals surface area contributed by atoms with E-state index in [9.17, 15) is 4.79 Å². The zero-order chi connectivity index (χ0) is 8.53. The van der Waals surface area contributed by atoms with Gasteiger partial charge in [-0.1, -0.05) is 0 Å². The average molecular weight is 185 g/mol. The summed E-state index contributed by atoms with van der Waals surface area (Å²) < 4.78 is 0. The third-order valence-corrected chi connectivity index (χ3v) is 0.941. The normalized spacial score (nSPS) is 8.83. The maximum absolute atomic E-state index is 10.2. The molecule has 0 rings (SSSR count). The van der Waals surface area contributed by atoms with E-state index in [0.717, 1.165) is 13.1 Å². The van der Waals surface area contributed by atoms with Gasteiger partial charge in [0.2, 0.25) is 0 Å². The summed E-state index contributed by atoms with van der Waals surface area (Å²) >= 11 is 0. The summed E-state index contributed by atoms with van der Waals surface area (Å²) in [6.45, 7) is 4.08. The third-order valence-electron chi connectivity index (χ3n) is 0.941. The number of hydroxylamine groups is 1. The standard InChI is InChI=1S/C6H15N3O2.Na.H/c1-6(10)11-9-5-4-8-3-2-7;;/h8-9H,2-5,7H2,1H3;;. The van der Waals surface area contributed by atoms with Crippen LogP contribution >= 0.6 is 0 Å². The Labute approximate surface area is 94.6 Å². The van der Waals surface area contributed by atoms with E-state index in [4.69, 9.17) is 5.73 Å². The van der Waals surface area contributed by atoms with Crippen molar-refractivity contribution in [2.45, 2.75) is 6.92 Å². The molecule has 0 saturated carbocycles. The first-order valence-electron chi connectivity index (χ1n) is 3.58. The second kappa shape index (κ2) is 11.4. The van der Waals surface area contributed by atoms with Crippen LogP contribution in [0.3, 0.4) is 0 Å². The fraction of sp³-hybridized carbons (Fsp3) is 0.833. The minimum atomic E-state index is -0.330. The topological polar surface area (TPSA) is 76.4 Å². The molecular weight excluding hydrogens is 169 g/mol. The van der Waals surface area contributed by atoms with E-state index in [-0.39, 0.29) is 35.5 Å². The Kier molecular flexibility index (Phi) is 14.0. The van der Waals surface area contributed by atoms with Gasteiger partial charge in [-0.05, 0) is 0 Å². The van der Waals surface area contributed by atoms with E-state index in [1.165, 1.54) is 6.92 Å². The number of hydrogen-bond acceptors (Lipinski definition) is 5. The SMILES string of the molecule is CC(=O)ONCCNCCN.[NaH]. The molecule has 0 aliphatic carbocycles. The molecule has 0 radical (unpaired) electrons. The van der Waals surface area contributed by atoms with E-state index in [1.807, 2.05) is 0 Å². The van der Waals surface area contributed by atoms with E-state index >= 15 is 0 Å². The van der Waals surface area contributed by atoms with Crippen LogP contribution in [0.25, 0.3) is 0 Å². The van der Waals surface area contributed by atoms with Crippen molar-refractivity contribution in [2.75, 3.05) is 26.2 Å². The van der Waals surface area contributed by atoms with Gasteiger partial charge in [-0.15, -0.1) is 0 Å². The predicted octanol–water partition coefficient (Wildman–Crippen LogP) is -2.05. The van der Waals surface area contributed by atoms with Gasteiger partial charge in [-0.3, -0.25) is 4.79 Å². The Morgan fingerprint density at radius 3 is 2.58 bits per heavy atom. The van der Waals surface area contributed by atoms with Crippen molar-refractivity contribution in [1.82, 2.24) is 10.8 Å². The molecule has 5 nitrogen and oxygen atoms in total. The van der Waals surface area contributed by atoms with Crippen molar-refractivity contribution in [2.24, 2.45) is 5.73 Å². The Balaban J connectivity index is 0. The first-order valence-corrected chi connectivity index (χ1v) is 3.58. The van der Waals surface area contributed by atoms with Crippen LogP contribution in [0.4, 0.5) is 0 Å². The first-order chi connectivity index (χ1) is 5.27. The fourth-order valence-corrected chi connectivity index (χ4v) is 0.519. The van der Waals surface area contributed by atoms with Crippen molar-refractivity contribution in [3.8, 4) is 0 Å². The number of carbonyl (C=O) groups excluding carboxylic acids is 1. The van der Waals surface area contributed by atoms with Crippen LogP contribution in [0.2, 0.25) is 0 Å². The number of nitrogens with two attached hydrogens (primary N) is 1. The molecule has 0 saturated heterocycles. The second-order valence-corrected chi connectivity index (χ2v) is 2.03. The Morgan fingerprint density at radius 1 is 1.42 bits per heavy atom. The van der Waals surface area contributed by atoms with Gasteiger partial charge in [0.25, 0.3) is 0 Å². The van der Waals surface area contributed by atoms with Crippen molar-refractivity contribution < 1.29 is 9.63 Å². The molecule has 0 spiro atoms. The third kappa shape index (κ3) is 13.0. The minimum absolute atomic E-state index is 0. The number of nitrogens with one attached hydrogen (secondary N) is 2. The zero-order valence-electron chi connectivity index (χ0n) is 6.72. The Morgan fingerprint density at radius 2 is 2.08 bits per heavy atom. The summed E-state index contributed by atoms with van der Waals surface area (Å²) in [6.07, 6.45) is 0. The molecule has 0 atom stereocenters. The van der Waals surface area contributed by atoms with E-state index in [0.29, 0.717) is 13.1 Å². The summed E-state index contributed by atoms with van der Waals surface area (Å²) in [5.74, 6) is -0.330. The monoisotopic (exact) mass is 185 g/mol. The van der Waals surface area contributed by atoms with Gasteiger partial charge in [-0.25, -0.2) is 0 Å². The van der Waals surface area contributed by atoms with Gasteiger partial charge in [0, 0.05) is 33.1 Å². The fourth-order valence-electron chi connectivity index (χ4n) is 0.519. The number of carbonyl (C=O) groups is 1. The summed E-state index contributed by atoms with van der Waals surface area (Å²) in [5.41, 5.74) is 7.71. The molecule has 68 valence electrons. The quantitative estimate of drug-likeness (QED) is 0.252. The molecular formula is C6H16N3NaO2. The first kappa shape index (κ1) is 14.9. The average Bonchev–Trinajstić information content (AvgIpc) is 1.96. The number of rotatable bonds is 6. The van der Waals surface area contributed by atoms with Gasteiger partial charge in [0.05, 0.1) is 0 Å². The summed E-state index contributed by atoms with van der Waals surface area (Å²) in [5, 5.41) is 3.03. The summed E-state index contributed by atoms with van der Waals surface area (Å²) in [4.78, 5) is 14.7. The van der Waals surface area contributed by atoms with Crippen LogP contribution in [-0.2, 0) is 9.63 Å². The zero-order valence-corrected chi connectivity index (χ0v) is 6.72. The molecule has 0 unspecified atom stereocenters. The molecule has 0 aliphatic rings. The molecule has 0 fully saturated rings. The molecule has 0 aliphatic heterocycles. The van der Waals surface area contributed by atoms with E-state index in [2.05, 4.69) is 15.6 Å². The van der Waals surface area contributed by atoms with Crippen molar-refractivity contribution in [1.29, 1.82) is 0 Å². The predicted molar refractivity (Wildman–Crippen MR) is 48.8 cm³/mol. The van der Waals surface area contributed by atoms with Crippen LogP contribution in [-0.4, -0.2) is 61.7 Å². The number of hydrogen-bond donors (Lipinski definition) is 3. The van der Waals surface area contributed by atoms with Crippen LogP contribution in [0.5, 0.6) is 0 Å². The molecule has 12 heavy (non-hydrogen) atoms. The van der Waals surface area contributed by atoms with Gasteiger partial charge in [0.15, 0.2) is 0 Å². The van der Waals surface area contributed by atoms with Crippen molar-refractivity contribution in [3.05, 3.63) is 0 Å². The van der Waals surface area contributed by atoms with Gasteiger partial charge in [0.1, 0.15) is 0 Å². The van der Waals surface area contributed by atoms with Gasteiger partial charge >= 0.3 is 35.5 Å². The summed E-state index contributed by atoms with van der Waals surface area (Å²) in [7, 11) is 0. The van der Waals surface area contributed by atoms with Crippen molar-refractivity contribution in [3.63, 3.8) is 0 Å². The molecule has 0 aromatic carbocycles. The molecule has 6 heteroatoms. The Hall–Kier alpha value is 0.350. The summed E-state index contributed by atoms with van der Waals surface area (Å²) in [6, 6.07) is 0. The van der Waals surface area contributed by atoms with Crippen molar-refractivity contribution >= 4 is 35.5 Å². The van der Waals surface area contributed by atoms with Gasteiger partial charge < -0.3 is 15.9 Å². The van der Waals surface area contributed by atoms with E-state index in [1.54, 1.807) is 0 Å².